The van der Waals surface area contributed by atoms with Crippen LogP contribution in [0.1, 0.15) is 46.5 Å². The Bertz CT molecular complexity index is 264. The van der Waals surface area contributed by atoms with Gasteiger partial charge in [0.25, 0.3) is 0 Å². The lowest BCUT2D eigenvalue weighted by molar-refractivity contribution is 0.899. The van der Waals surface area contributed by atoms with Crippen LogP contribution in [0.15, 0.2) is 48.1 Å². The monoisotopic (exact) mass is 204 g/mol. The molecule has 0 aromatic carbocycles. The maximum absolute atomic E-state index is 3.90. The first kappa shape index (κ1) is 14.0. The van der Waals surface area contributed by atoms with Gasteiger partial charge in [0.1, 0.15) is 0 Å². The van der Waals surface area contributed by atoms with E-state index in [-0.39, 0.29) is 0 Å². The first-order valence-electron chi connectivity index (χ1n) is 5.67. The molecule has 0 spiro atoms. The van der Waals surface area contributed by atoms with Crippen LogP contribution in [0, 0.1) is 0 Å². The Hall–Kier alpha value is -1.04. The highest BCUT2D eigenvalue weighted by molar-refractivity contribution is 5.12. The molecule has 0 heterocycles. The van der Waals surface area contributed by atoms with Crippen LogP contribution in [0.3, 0.4) is 0 Å². The fourth-order valence-electron chi connectivity index (χ4n) is 1.25. The Balaban J connectivity index is 3.79. The molecular formula is C15H24. The largest absolute Gasteiger partial charge is 0.0988 e. The van der Waals surface area contributed by atoms with Crippen molar-refractivity contribution in [3.05, 3.63) is 48.1 Å². The van der Waals surface area contributed by atoms with E-state index in [9.17, 15) is 0 Å². The van der Waals surface area contributed by atoms with Crippen molar-refractivity contribution in [3.63, 3.8) is 0 Å². The van der Waals surface area contributed by atoms with Gasteiger partial charge >= 0.3 is 0 Å². The zero-order valence-electron chi connectivity index (χ0n) is 10.5. The number of hydrogen-bond acceptors (Lipinski definition) is 0. The molecule has 0 radical (unpaired) electrons. The fourth-order valence-corrected chi connectivity index (χ4v) is 1.25. The Morgan fingerprint density at radius 3 is 2.20 bits per heavy atom. The zero-order chi connectivity index (χ0) is 11.7. The van der Waals surface area contributed by atoms with E-state index >= 15 is 0 Å². The van der Waals surface area contributed by atoms with E-state index in [0.717, 1.165) is 18.4 Å². The van der Waals surface area contributed by atoms with Gasteiger partial charge in [-0.25, -0.2) is 0 Å². The van der Waals surface area contributed by atoms with E-state index in [1.54, 1.807) is 0 Å². The molecule has 0 rings (SSSR count). The number of allylic oxidation sites excluding steroid dienone is 6. The molecule has 84 valence electrons. The summed E-state index contributed by atoms with van der Waals surface area (Å²) in [6, 6.07) is 0. The normalized spacial score (nSPS) is 12.7. The molecule has 0 fully saturated rings. The molecule has 0 N–H and O–H groups in total. The maximum atomic E-state index is 3.90. The van der Waals surface area contributed by atoms with E-state index < -0.39 is 0 Å². The first-order valence-corrected chi connectivity index (χ1v) is 5.67. The Labute approximate surface area is 95.1 Å². The van der Waals surface area contributed by atoms with Crippen LogP contribution in [0.4, 0.5) is 0 Å². The van der Waals surface area contributed by atoms with Gasteiger partial charge < -0.3 is 0 Å². The van der Waals surface area contributed by atoms with Crippen molar-refractivity contribution < 1.29 is 0 Å². The summed E-state index contributed by atoms with van der Waals surface area (Å²) in [6.45, 7) is 14.1. The molecule has 0 nitrogen and oxygen atoms in total. The predicted molar refractivity (Wildman–Crippen MR) is 71.0 cm³/mol. The molecular weight excluding hydrogens is 180 g/mol. The Morgan fingerprint density at radius 2 is 1.67 bits per heavy atom. The molecule has 15 heavy (non-hydrogen) atoms. The van der Waals surface area contributed by atoms with Crippen molar-refractivity contribution in [2.24, 2.45) is 0 Å². The Kier molecular flexibility index (Phi) is 7.71. The lowest BCUT2D eigenvalue weighted by atomic mass is 10.0. The van der Waals surface area contributed by atoms with Crippen LogP contribution >= 0.6 is 0 Å². The third kappa shape index (κ3) is 7.99. The van der Waals surface area contributed by atoms with Gasteiger partial charge in [-0.1, -0.05) is 48.1 Å². The van der Waals surface area contributed by atoms with Gasteiger partial charge in [0, 0.05) is 0 Å². The lowest BCUT2D eigenvalue weighted by Gasteiger charge is -2.02. The number of hydrogen-bond donors (Lipinski definition) is 0. The quantitative estimate of drug-likeness (QED) is 0.395. The second-order valence-corrected chi connectivity index (χ2v) is 4.09. The minimum atomic E-state index is 1.03. The van der Waals surface area contributed by atoms with Gasteiger partial charge in [0.05, 0.1) is 0 Å². The van der Waals surface area contributed by atoms with Crippen molar-refractivity contribution >= 4 is 0 Å². The third-order valence-corrected chi connectivity index (χ3v) is 2.65. The summed E-state index contributed by atoms with van der Waals surface area (Å²) in [4.78, 5) is 0. The highest BCUT2D eigenvalue weighted by atomic mass is 14.0. The molecule has 0 unspecified atom stereocenters. The molecule has 0 aliphatic heterocycles. The van der Waals surface area contributed by atoms with Crippen molar-refractivity contribution in [2.75, 3.05) is 0 Å². The molecule has 0 atom stereocenters. The van der Waals surface area contributed by atoms with E-state index in [2.05, 4.69) is 46.1 Å². The summed E-state index contributed by atoms with van der Waals surface area (Å²) in [6.07, 6.45) is 10.8. The molecule has 0 aromatic rings. The van der Waals surface area contributed by atoms with Gasteiger partial charge in [0.15, 0.2) is 0 Å². The maximum Gasteiger partial charge on any atom is -0.0250 e. The zero-order valence-corrected chi connectivity index (χ0v) is 10.5. The van der Waals surface area contributed by atoms with Crippen LogP contribution in [0.2, 0.25) is 0 Å². The van der Waals surface area contributed by atoms with Crippen LogP contribution < -0.4 is 0 Å². The van der Waals surface area contributed by atoms with Gasteiger partial charge in [-0.15, -0.1) is 0 Å². The summed E-state index contributed by atoms with van der Waals surface area (Å²) in [5.74, 6) is 0. The highest BCUT2D eigenvalue weighted by Crippen LogP contribution is 2.13. The molecule has 0 heteroatoms. The minimum Gasteiger partial charge on any atom is -0.0988 e. The summed E-state index contributed by atoms with van der Waals surface area (Å²) in [7, 11) is 0. The van der Waals surface area contributed by atoms with Gasteiger partial charge in [-0.05, 0) is 46.5 Å². The van der Waals surface area contributed by atoms with Crippen LogP contribution in [-0.2, 0) is 0 Å². The molecule has 0 aromatic heterocycles. The smallest absolute Gasteiger partial charge is 0.0250 e. The van der Waals surface area contributed by atoms with Gasteiger partial charge in [-0.3, -0.25) is 0 Å². The summed E-state index contributed by atoms with van der Waals surface area (Å²) in [5.41, 5.74) is 4.08. The molecule has 0 aliphatic rings. The van der Waals surface area contributed by atoms with E-state index in [4.69, 9.17) is 0 Å². The van der Waals surface area contributed by atoms with Gasteiger partial charge in [0.2, 0.25) is 0 Å². The van der Waals surface area contributed by atoms with E-state index in [0.29, 0.717) is 0 Å². The topological polar surface area (TPSA) is 0 Å². The van der Waals surface area contributed by atoms with Crippen molar-refractivity contribution in [1.82, 2.24) is 0 Å². The predicted octanol–water partition coefficient (Wildman–Crippen LogP) is 5.20. The first-order chi connectivity index (χ1) is 7.10. The standard InChI is InChI=1S/C15H24/c1-6-13(3)9-8-10-15(5)12-11-14(4)7-2/h6-7,10H,1,3,8-9,11-12H2,2,4-5H3. The number of rotatable bonds is 7. The van der Waals surface area contributed by atoms with Crippen LogP contribution in [0.25, 0.3) is 0 Å². The molecule has 0 saturated heterocycles. The van der Waals surface area contributed by atoms with Crippen molar-refractivity contribution in [3.8, 4) is 0 Å². The van der Waals surface area contributed by atoms with Crippen LogP contribution in [-0.4, -0.2) is 0 Å². The van der Waals surface area contributed by atoms with E-state index in [1.807, 2.05) is 6.08 Å². The average molecular weight is 204 g/mol. The van der Waals surface area contributed by atoms with Crippen molar-refractivity contribution in [1.29, 1.82) is 0 Å². The highest BCUT2D eigenvalue weighted by Gasteiger charge is 1.92. The average Bonchev–Trinajstić information content (AvgIpc) is 2.25. The minimum absolute atomic E-state index is 1.03. The summed E-state index contributed by atoms with van der Waals surface area (Å²) in [5, 5.41) is 0. The van der Waals surface area contributed by atoms with E-state index in [1.165, 1.54) is 24.0 Å². The molecule has 0 bridgehead atoms. The summed E-state index contributed by atoms with van der Waals surface area (Å²) < 4.78 is 0. The summed E-state index contributed by atoms with van der Waals surface area (Å²) >= 11 is 0. The Morgan fingerprint density at radius 1 is 1.07 bits per heavy atom. The van der Waals surface area contributed by atoms with Crippen LogP contribution in [0.5, 0.6) is 0 Å². The molecule has 0 amide bonds. The molecule has 0 aliphatic carbocycles. The lowest BCUT2D eigenvalue weighted by Crippen LogP contribution is -1.82. The second-order valence-electron chi connectivity index (χ2n) is 4.09. The third-order valence-electron chi connectivity index (χ3n) is 2.65. The SMILES string of the molecule is C=CC(=C)CCC=C(C)CCC(C)=CC. The fraction of sp³-hybridized carbons (Fsp3) is 0.467. The van der Waals surface area contributed by atoms with Gasteiger partial charge in [-0.2, -0.15) is 0 Å². The second kappa shape index (κ2) is 8.28. The van der Waals surface area contributed by atoms with Crippen molar-refractivity contribution in [2.45, 2.75) is 46.5 Å². The molecule has 0 saturated carbocycles.